The fourth-order valence-electron chi connectivity index (χ4n) is 2.09. The van der Waals surface area contributed by atoms with Crippen molar-refractivity contribution in [2.24, 2.45) is 0 Å². The monoisotopic (exact) mass is 334 g/mol. The first-order valence-electron chi connectivity index (χ1n) is 9.96. The minimum atomic E-state index is 0.564. The summed E-state index contributed by atoms with van der Waals surface area (Å²) in [6.45, 7) is 7.96. The van der Waals surface area contributed by atoms with Gasteiger partial charge in [-0.05, 0) is 31.8 Å². The van der Waals surface area contributed by atoms with Gasteiger partial charge in [0, 0.05) is 0 Å². The second-order valence-corrected chi connectivity index (χ2v) is 6.11. The van der Waals surface area contributed by atoms with E-state index in [1.165, 1.54) is 38.5 Å². The molecule has 0 spiro atoms. The van der Waals surface area contributed by atoms with Gasteiger partial charge in [-0.25, -0.2) is 0 Å². The summed E-state index contributed by atoms with van der Waals surface area (Å²) < 4.78 is 11.3. The van der Waals surface area contributed by atoms with E-state index >= 15 is 0 Å². The molecule has 0 aromatic heterocycles. The average Bonchev–Trinajstić information content (AvgIpc) is 2.59. The smallest absolute Gasteiger partial charge is 0.287 e. The van der Waals surface area contributed by atoms with Gasteiger partial charge in [-0.2, -0.15) is 0 Å². The SMILES string of the molecule is CCCCCCCC/C=C\C#CC=C(OCCCC)OCCCC. The number of rotatable bonds is 15. The Balaban J connectivity index is 3.98. The second-order valence-electron chi connectivity index (χ2n) is 6.11. The Bertz CT molecular complexity index is 359. The zero-order valence-electron chi connectivity index (χ0n) is 16.2. The maximum absolute atomic E-state index is 5.63. The summed E-state index contributed by atoms with van der Waals surface area (Å²) in [6, 6.07) is 0. The van der Waals surface area contributed by atoms with Crippen LogP contribution in [0.25, 0.3) is 0 Å². The lowest BCUT2D eigenvalue weighted by atomic mass is 10.1. The summed E-state index contributed by atoms with van der Waals surface area (Å²) in [6.07, 6.45) is 19.3. The molecular formula is C22H38O2. The summed E-state index contributed by atoms with van der Waals surface area (Å²) in [5, 5.41) is 0. The first-order valence-corrected chi connectivity index (χ1v) is 9.96. The molecule has 0 fully saturated rings. The van der Waals surface area contributed by atoms with Crippen molar-refractivity contribution in [3.63, 3.8) is 0 Å². The maximum Gasteiger partial charge on any atom is 0.287 e. The minimum Gasteiger partial charge on any atom is -0.465 e. The number of ether oxygens (including phenoxy) is 2. The van der Waals surface area contributed by atoms with Crippen LogP contribution < -0.4 is 0 Å². The number of hydrogen-bond acceptors (Lipinski definition) is 2. The molecule has 2 nitrogen and oxygen atoms in total. The van der Waals surface area contributed by atoms with Crippen molar-refractivity contribution in [3.05, 3.63) is 24.2 Å². The van der Waals surface area contributed by atoms with Crippen LogP contribution in [0.3, 0.4) is 0 Å². The summed E-state index contributed by atoms with van der Waals surface area (Å²) in [5.74, 6) is 6.61. The summed E-state index contributed by atoms with van der Waals surface area (Å²) in [7, 11) is 0. The minimum absolute atomic E-state index is 0.564. The van der Waals surface area contributed by atoms with Gasteiger partial charge in [0.15, 0.2) is 0 Å². The lowest BCUT2D eigenvalue weighted by Crippen LogP contribution is -2.01. The quantitative estimate of drug-likeness (QED) is 0.187. The van der Waals surface area contributed by atoms with Crippen LogP contribution in [0, 0.1) is 11.8 Å². The fourth-order valence-corrected chi connectivity index (χ4v) is 2.09. The fraction of sp³-hybridized carbons (Fsp3) is 0.727. The van der Waals surface area contributed by atoms with Crippen LogP contribution in [0.1, 0.15) is 91.4 Å². The van der Waals surface area contributed by atoms with E-state index in [9.17, 15) is 0 Å². The predicted octanol–water partition coefficient (Wildman–Crippen LogP) is 6.77. The highest BCUT2D eigenvalue weighted by Gasteiger charge is 1.97. The number of unbranched alkanes of at least 4 members (excludes halogenated alkanes) is 8. The molecule has 2 heteroatoms. The van der Waals surface area contributed by atoms with Gasteiger partial charge in [0.2, 0.25) is 0 Å². The third-order valence-electron chi connectivity index (χ3n) is 3.68. The molecule has 0 saturated carbocycles. The van der Waals surface area contributed by atoms with Crippen molar-refractivity contribution in [1.82, 2.24) is 0 Å². The van der Waals surface area contributed by atoms with Gasteiger partial charge < -0.3 is 9.47 Å². The molecule has 0 aliphatic carbocycles. The van der Waals surface area contributed by atoms with E-state index in [4.69, 9.17) is 9.47 Å². The number of allylic oxidation sites excluding steroid dienone is 3. The van der Waals surface area contributed by atoms with Crippen molar-refractivity contribution in [2.75, 3.05) is 13.2 Å². The third kappa shape index (κ3) is 17.0. The zero-order chi connectivity index (χ0) is 17.7. The molecule has 0 aliphatic rings. The molecule has 0 rings (SSSR count). The Kier molecular flexibility index (Phi) is 18.6. The van der Waals surface area contributed by atoms with Gasteiger partial charge in [-0.3, -0.25) is 0 Å². The molecule has 0 heterocycles. The van der Waals surface area contributed by atoms with Gasteiger partial charge in [0.05, 0.1) is 19.3 Å². The first-order chi connectivity index (χ1) is 11.8. The molecule has 0 amide bonds. The molecular weight excluding hydrogens is 296 g/mol. The average molecular weight is 335 g/mol. The van der Waals surface area contributed by atoms with Gasteiger partial charge in [-0.1, -0.05) is 83.6 Å². The summed E-state index contributed by atoms with van der Waals surface area (Å²) in [4.78, 5) is 0. The highest BCUT2D eigenvalue weighted by Crippen LogP contribution is 2.07. The highest BCUT2D eigenvalue weighted by molar-refractivity contribution is 5.23. The van der Waals surface area contributed by atoms with Crippen LogP contribution in [-0.4, -0.2) is 13.2 Å². The standard InChI is InChI=1S/C22H38O2/c1-4-7-10-11-12-13-14-15-16-17-18-19-22(23-20-8-5-2)24-21-9-6-3/h15-16,19H,4-14,20-21H2,1-3H3/b16-15-. The summed E-state index contributed by atoms with van der Waals surface area (Å²) in [5.41, 5.74) is 0. The van der Waals surface area contributed by atoms with E-state index in [1.807, 2.05) is 6.08 Å². The lowest BCUT2D eigenvalue weighted by molar-refractivity contribution is 0.0334. The van der Waals surface area contributed by atoms with Gasteiger partial charge >= 0.3 is 0 Å². The molecule has 0 N–H and O–H groups in total. The molecule has 0 saturated heterocycles. The van der Waals surface area contributed by atoms with Crippen molar-refractivity contribution < 1.29 is 9.47 Å². The van der Waals surface area contributed by atoms with E-state index in [0.717, 1.165) is 32.1 Å². The molecule has 24 heavy (non-hydrogen) atoms. The Morgan fingerprint density at radius 1 is 0.708 bits per heavy atom. The van der Waals surface area contributed by atoms with E-state index in [-0.39, 0.29) is 0 Å². The Morgan fingerprint density at radius 3 is 1.92 bits per heavy atom. The Labute approximate surface area is 150 Å². The van der Waals surface area contributed by atoms with Crippen LogP contribution in [-0.2, 0) is 9.47 Å². The molecule has 0 radical (unpaired) electrons. The molecule has 0 aliphatic heterocycles. The molecule has 0 aromatic carbocycles. The Morgan fingerprint density at radius 2 is 1.29 bits per heavy atom. The topological polar surface area (TPSA) is 18.5 Å². The zero-order valence-corrected chi connectivity index (χ0v) is 16.2. The van der Waals surface area contributed by atoms with Crippen LogP contribution in [0.4, 0.5) is 0 Å². The molecule has 138 valence electrons. The third-order valence-corrected chi connectivity index (χ3v) is 3.68. The number of hydrogen-bond donors (Lipinski definition) is 0. The highest BCUT2D eigenvalue weighted by atomic mass is 16.7. The predicted molar refractivity (Wildman–Crippen MR) is 105 cm³/mol. The first kappa shape index (κ1) is 22.6. The van der Waals surface area contributed by atoms with E-state index in [1.54, 1.807) is 6.08 Å². The van der Waals surface area contributed by atoms with Crippen LogP contribution >= 0.6 is 0 Å². The van der Waals surface area contributed by atoms with E-state index < -0.39 is 0 Å². The summed E-state index contributed by atoms with van der Waals surface area (Å²) >= 11 is 0. The normalized spacial score (nSPS) is 10.3. The van der Waals surface area contributed by atoms with Crippen LogP contribution in [0.5, 0.6) is 0 Å². The van der Waals surface area contributed by atoms with Crippen molar-refractivity contribution in [3.8, 4) is 11.8 Å². The van der Waals surface area contributed by atoms with Crippen LogP contribution in [0.15, 0.2) is 24.2 Å². The van der Waals surface area contributed by atoms with Gasteiger partial charge in [0.1, 0.15) is 0 Å². The largest absolute Gasteiger partial charge is 0.465 e. The van der Waals surface area contributed by atoms with E-state index in [0.29, 0.717) is 19.2 Å². The molecule has 0 bridgehead atoms. The molecule has 0 unspecified atom stereocenters. The van der Waals surface area contributed by atoms with Gasteiger partial charge in [0.25, 0.3) is 5.95 Å². The maximum atomic E-state index is 5.63. The van der Waals surface area contributed by atoms with Crippen LogP contribution in [0.2, 0.25) is 0 Å². The van der Waals surface area contributed by atoms with E-state index in [2.05, 4.69) is 38.7 Å². The molecule has 0 atom stereocenters. The molecule has 0 aromatic rings. The lowest BCUT2D eigenvalue weighted by Gasteiger charge is -2.10. The van der Waals surface area contributed by atoms with Crippen molar-refractivity contribution >= 4 is 0 Å². The van der Waals surface area contributed by atoms with Crippen molar-refractivity contribution in [2.45, 2.75) is 91.4 Å². The Hall–Kier alpha value is -1.36. The van der Waals surface area contributed by atoms with Gasteiger partial charge in [-0.15, -0.1) is 0 Å². The second kappa shape index (κ2) is 19.7. The van der Waals surface area contributed by atoms with Crippen molar-refractivity contribution in [1.29, 1.82) is 0 Å².